The molecule has 104 valence electrons. The van der Waals surface area contributed by atoms with Gasteiger partial charge in [0.1, 0.15) is 0 Å². The van der Waals surface area contributed by atoms with Crippen molar-refractivity contribution in [1.29, 1.82) is 0 Å². The molecule has 2 rings (SSSR count). The molecule has 0 aromatic heterocycles. The molecule has 1 heteroatoms. The summed E-state index contributed by atoms with van der Waals surface area (Å²) in [5, 5.41) is 3.65. The van der Waals surface area contributed by atoms with Gasteiger partial charge in [0, 0.05) is 17.3 Å². The lowest BCUT2D eigenvalue weighted by Gasteiger charge is -2.30. The van der Waals surface area contributed by atoms with Crippen LogP contribution >= 0.6 is 0 Å². The van der Waals surface area contributed by atoms with Gasteiger partial charge in [-0.25, -0.2) is 0 Å². The van der Waals surface area contributed by atoms with E-state index in [9.17, 15) is 0 Å². The Hall–Kier alpha value is -1.24. The van der Waals surface area contributed by atoms with Gasteiger partial charge in [-0.15, -0.1) is 0 Å². The van der Waals surface area contributed by atoms with Gasteiger partial charge in [-0.1, -0.05) is 57.6 Å². The van der Waals surface area contributed by atoms with Crippen LogP contribution in [0.4, 0.5) is 0 Å². The van der Waals surface area contributed by atoms with E-state index in [-0.39, 0.29) is 0 Å². The van der Waals surface area contributed by atoms with Gasteiger partial charge < -0.3 is 5.32 Å². The Bertz CT molecular complexity index is 442. The van der Waals surface area contributed by atoms with Crippen molar-refractivity contribution in [3.8, 4) is 0 Å². The molecule has 19 heavy (non-hydrogen) atoms. The molecule has 1 nitrogen and oxygen atoms in total. The predicted octanol–water partition coefficient (Wildman–Crippen LogP) is 4.89. The Kier molecular flexibility index (Phi) is 4.68. The minimum absolute atomic E-state index is 0.484. The molecular formula is C18H27N. The van der Waals surface area contributed by atoms with Crippen molar-refractivity contribution < 1.29 is 0 Å². The van der Waals surface area contributed by atoms with Crippen LogP contribution in [0.3, 0.4) is 0 Å². The van der Waals surface area contributed by atoms with E-state index in [1.54, 1.807) is 5.57 Å². The molecule has 1 N–H and O–H groups in total. The lowest BCUT2D eigenvalue weighted by molar-refractivity contribution is 0.616. The minimum atomic E-state index is 0.484. The van der Waals surface area contributed by atoms with Crippen LogP contribution in [-0.2, 0) is 0 Å². The number of allylic oxidation sites excluding steroid dienone is 5. The van der Waals surface area contributed by atoms with E-state index in [1.165, 1.54) is 16.8 Å². The van der Waals surface area contributed by atoms with E-state index in [0.29, 0.717) is 12.0 Å². The highest BCUT2D eigenvalue weighted by Gasteiger charge is 2.22. The smallest absolute Gasteiger partial charge is 0.0450 e. The molecule has 0 fully saturated rings. The number of hydrogen-bond donors (Lipinski definition) is 1. The molecule has 2 aliphatic rings. The largest absolute Gasteiger partial charge is 0.379 e. The fraction of sp³-hybridized carbons (Fsp3) is 0.556. The summed E-state index contributed by atoms with van der Waals surface area (Å²) in [4.78, 5) is 0. The average molecular weight is 257 g/mol. The first-order valence-electron chi connectivity index (χ1n) is 7.78. The van der Waals surface area contributed by atoms with Crippen molar-refractivity contribution in [1.82, 2.24) is 5.32 Å². The van der Waals surface area contributed by atoms with Crippen LogP contribution in [0.15, 0.2) is 46.7 Å². The number of fused-ring (bicyclic) bond motifs is 1. The molecule has 0 spiro atoms. The molecular weight excluding hydrogens is 230 g/mol. The van der Waals surface area contributed by atoms with Crippen molar-refractivity contribution in [2.24, 2.45) is 5.92 Å². The third-order valence-corrected chi connectivity index (χ3v) is 4.18. The van der Waals surface area contributed by atoms with E-state index in [4.69, 9.17) is 0 Å². The highest BCUT2D eigenvalue weighted by Crippen LogP contribution is 2.32. The molecule has 1 heterocycles. The van der Waals surface area contributed by atoms with Gasteiger partial charge in [0.05, 0.1) is 0 Å². The number of nitrogens with one attached hydrogen (secondary N) is 1. The molecule has 0 aromatic carbocycles. The Labute approximate surface area is 118 Å². The number of hydrogen-bond acceptors (Lipinski definition) is 1. The molecule has 0 bridgehead atoms. The molecule has 0 saturated carbocycles. The second-order valence-electron chi connectivity index (χ2n) is 5.70. The molecule has 1 aliphatic heterocycles. The van der Waals surface area contributed by atoms with E-state index in [0.717, 1.165) is 25.7 Å². The van der Waals surface area contributed by atoms with E-state index < -0.39 is 0 Å². The van der Waals surface area contributed by atoms with Crippen molar-refractivity contribution in [2.45, 2.75) is 59.4 Å². The second-order valence-corrected chi connectivity index (χ2v) is 5.70. The Morgan fingerprint density at radius 1 is 1.26 bits per heavy atom. The van der Waals surface area contributed by atoms with Crippen LogP contribution in [0.1, 0.15) is 53.4 Å². The lowest BCUT2D eigenvalue weighted by Crippen LogP contribution is -2.32. The topological polar surface area (TPSA) is 12.0 Å². The normalized spacial score (nSPS) is 25.6. The van der Waals surface area contributed by atoms with E-state index in [2.05, 4.69) is 57.3 Å². The summed E-state index contributed by atoms with van der Waals surface area (Å²) in [7, 11) is 0. The fourth-order valence-corrected chi connectivity index (χ4v) is 2.81. The average Bonchev–Trinajstić information content (AvgIpc) is 2.44. The predicted molar refractivity (Wildman–Crippen MR) is 83.9 cm³/mol. The van der Waals surface area contributed by atoms with Crippen LogP contribution in [0.2, 0.25) is 0 Å². The summed E-state index contributed by atoms with van der Waals surface area (Å²) in [5.74, 6) is 0.655. The Balaban J connectivity index is 2.39. The quantitative estimate of drug-likeness (QED) is 0.756. The first kappa shape index (κ1) is 14.2. The van der Waals surface area contributed by atoms with Crippen LogP contribution in [-0.4, -0.2) is 6.04 Å². The molecule has 0 amide bonds. The first-order valence-corrected chi connectivity index (χ1v) is 7.78. The van der Waals surface area contributed by atoms with Crippen molar-refractivity contribution in [3.63, 3.8) is 0 Å². The SMILES string of the molecule is CCC(=CC1=CC(CC)NC2=CCC(C)C=C12)CC. The molecule has 0 radical (unpaired) electrons. The third-order valence-electron chi connectivity index (χ3n) is 4.18. The van der Waals surface area contributed by atoms with Crippen molar-refractivity contribution >= 4 is 0 Å². The molecule has 2 unspecified atom stereocenters. The lowest BCUT2D eigenvalue weighted by atomic mass is 9.85. The maximum atomic E-state index is 3.65. The molecule has 1 aliphatic carbocycles. The molecule has 0 saturated heterocycles. The summed E-state index contributed by atoms with van der Waals surface area (Å²) in [6.45, 7) is 9.05. The van der Waals surface area contributed by atoms with Gasteiger partial charge in [-0.05, 0) is 37.2 Å². The maximum Gasteiger partial charge on any atom is 0.0450 e. The summed E-state index contributed by atoms with van der Waals surface area (Å²) in [6, 6.07) is 0.484. The third kappa shape index (κ3) is 3.20. The first-order chi connectivity index (χ1) is 9.17. The highest BCUT2D eigenvalue weighted by atomic mass is 14.9. The van der Waals surface area contributed by atoms with Gasteiger partial charge in [0.15, 0.2) is 0 Å². The van der Waals surface area contributed by atoms with Crippen LogP contribution < -0.4 is 5.32 Å². The van der Waals surface area contributed by atoms with E-state index >= 15 is 0 Å². The molecule has 2 atom stereocenters. The standard InChI is InChI=1S/C18H27N/c1-5-14(6-2)11-15-12-16(7-3)19-18-9-8-13(4)10-17(15)18/h9-13,16,19H,5-8H2,1-4H3. The molecule has 0 aromatic rings. The maximum absolute atomic E-state index is 3.65. The summed E-state index contributed by atoms with van der Waals surface area (Å²) in [5.41, 5.74) is 5.75. The Morgan fingerprint density at radius 3 is 2.63 bits per heavy atom. The monoisotopic (exact) mass is 257 g/mol. The van der Waals surface area contributed by atoms with Gasteiger partial charge in [-0.3, -0.25) is 0 Å². The highest BCUT2D eigenvalue weighted by molar-refractivity contribution is 5.56. The van der Waals surface area contributed by atoms with Gasteiger partial charge in [-0.2, -0.15) is 0 Å². The fourth-order valence-electron chi connectivity index (χ4n) is 2.81. The minimum Gasteiger partial charge on any atom is -0.379 e. The Morgan fingerprint density at radius 2 is 2.00 bits per heavy atom. The number of rotatable bonds is 4. The van der Waals surface area contributed by atoms with Crippen LogP contribution in [0.25, 0.3) is 0 Å². The van der Waals surface area contributed by atoms with Gasteiger partial charge >= 0.3 is 0 Å². The van der Waals surface area contributed by atoms with Crippen molar-refractivity contribution in [3.05, 3.63) is 46.7 Å². The summed E-state index contributed by atoms with van der Waals surface area (Å²) >= 11 is 0. The second kappa shape index (κ2) is 6.27. The summed E-state index contributed by atoms with van der Waals surface area (Å²) < 4.78 is 0. The van der Waals surface area contributed by atoms with Gasteiger partial charge in [0.2, 0.25) is 0 Å². The zero-order chi connectivity index (χ0) is 13.8. The van der Waals surface area contributed by atoms with Crippen molar-refractivity contribution in [2.75, 3.05) is 0 Å². The summed E-state index contributed by atoms with van der Waals surface area (Å²) in [6.07, 6.45) is 14.2. The zero-order valence-electron chi connectivity index (χ0n) is 12.8. The van der Waals surface area contributed by atoms with E-state index in [1.807, 2.05) is 0 Å². The van der Waals surface area contributed by atoms with Crippen LogP contribution in [0, 0.1) is 5.92 Å². The zero-order valence-corrected chi connectivity index (χ0v) is 12.8. The van der Waals surface area contributed by atoms with Crippen LogP contribution in [0.5, 0.6) is 0 Å². The van der Waals surface area contributed by atoms with Gasteiger partial charge in [0.25, 0.3) is 0 Å².